The normalized spacial score (nSPS) is 10.1. The molecule has 0 spiro atoms. The molecule has 0 heterocycles. The molecule has 0 aromatic heterocycles. The molecule has 3 nitrogen and oxygen atoms in total. The van der Waals surface area contributed by atoms with Gasteiger partial charge in [-0.3, -0.25) is 4.79 Å². The van der Waals surface area contributed by atoms with Crippen LogP contribution < -0.4 is 4.74 Å². The molecule has 0 fully saturated rings. The second-order valence-electron chi connectivity index (χ2n) is 4.19. The largest absolute Gasteiger partial charge is 0.490 e. The SMILES string of the molecule is CCCCCCC(=O)OCCOc1ccccc1. The Morgan fingerprint density at radius 3 is 2.56 bits per heavy atom. The van der Waals surface area contributed by atoms with E-state index in [2.05, 4.69) is 6.92 Å². The van der Waals surface area contributed by atoms with Crippen LogP contribution in [-0.4, -0.2) is 19.2 Å². The molecule has 0 bridgehead atoms. The van der Waals surface area contributed by atoms with Crippen molar-refractivity contribution < 1.29 is 14.3 Å². The van der Waals surface area contributed by atoms with E-state index in [1.54, 1.807) is 0 Å². The van der Waals surface area contributed by atoms with Crippen molar-refractivity contribution in [2.45, 2.75) is 39.0 Å². The second kappa shape index (κ2) is 9.51. The van der Waals surface area contributed by atoms with Gasteiger partial charge in [0.1, 0.15) is 19.0 Å². The molecule has 1 aromatic carbocycles. The average molecular weight is 250 g/mol. The highest BCUT2D eigenvalue weighted by atomic mass is 16.6. The molecule has 1 rings (SSSR count). The monoisotopic (exact) mass is 250 g/mol. The third-order valence-corrected chi connectivity index (χ3v) is 2.59. The number of rotatable bonds is 9. The Labute approximate surface area is 109 Å². The van der Waals surface area contributed by atoms with Crippen LogP contribution in [0.5, 0.6) is 5.75 Å². The van der Waals surface area contributed by atoms with Crippen molar-refractivity contribution in [1.82, 2.24) is 0 Å². The summed E-state index contributed by atoms with van der Waals surface area (Å²) in [5.41, 5.74) is 0. The summed E-state index contributed by atoms with van der Waals surface area (Å²) in [6, 6.07) is 9.52. The van der Waals surface area contributed by atoms with Gasteiger partial charge in [0.05, 0.1) is 0 Å². The fourth-order valence-electron chi connectivity index (χ4n) is 1.60. The minimum absolute atomic E-state index is 0.122. The van der Waals surface area contributed by atoms with Gasteiger partial charge in [0, 0.05) is 6.42 Å². The molecule has 18 heavy (non-hydrogen) atoms. The molecule has 100 valence electrons. The Morgan fingerprint density at radius 1 is 1.06 bits per heavy atom. The van der Waals surface area contributed by atoms with Gasteiger partial charge in [0.25, 0.3) is 0 Å². The van der Waals surface area contributed by atoms with Crippen molar-refractivity contribution in [3.05, 3.63) is 30.3 Å². The minimum atomic E-state index is -0.122. The van der Waals surface area contributed by atoms with Crippen molar-refractivity contribution in [3.8, 4) is 5.75 Å². The molecule has 1 aromatic rings. The maximum atomic E-state index is 11.3. The van der Waals surface area contributed by atoms with Crippen LogP contribution in [0.2, 0.25) is 0 Å². The van der Waals surface area contributed by atoms with E-state index in [1.165, 1.54) is 12.8 Å². The van der Waals surface area contributed by atoms with E-state index in [9.17, 15) is 4.79 Å². The standard InChI is InChI=1S/C15H22O3/c1-2-3-4-8-11-15(16)18-13-12-17-14-9-6-5-7-10-14/h5-7,9-10H,2-4,8,11-13H2,1H3. The molecular weight excluding hydrogens is 228 g/mol. The number of carbonyl (C=O) groups excluding carboxylic acids is 1. The summed E-state index contributed by atoms with van der Waals surface area (Å²) in [5.74, 6) is 0.680. The number of hydrogen-bond donors (Lipinski definition) is 0. The molecule has 0 saturated heterocycles. The summed E-state index contributed by atoms with van der Waals surface area (Å²) in [6.45, 7) is 2.88. The summed E-state index contributed by atoms with van der Waals surface area (Å²) < 4.78 is 10.5. The van der Waals surface area contributed by atoms with Crippen molar-refractivity contribution in [2.24, 2.45) is 0 Å². The van der Waals surface area contributed by atoms with Gasteiger partial charge in [-0.1, -0.05) is 44.4 Å². The van der Waals surface area contributed by atoms with Crippen LogP contribution in [0.3, 0.4) is 0 Å². The Balaban J connectivity index is 1.99. The third-order valence-electron chi connectivity index (χ3n) is 2.59. The van der Waals surface area contributed by atoms with Crippen LogP contribution in [0, 0.1) is 0 Å². The number of hydrogen-bond acceptors (Lipinski definition) is 3. The zero-order valence-corrected chi connectivity index (χ0v) is 11.1. The number of esters is 1. The maximum absolute atomic E-state index is 11.3. The number of carbonyl (C=O) groups is 1. The van der Waals surface area contributed by atoms with Crippen LogP contribution in [0.25, 0.3) is 0 Å². The summed E-state index contributed by atoms with van der Waals surface area (Å²) in [6.07, 6.45) is 4.91. The van der Waals surface area contributed by atoms with Gasteiger partial charge in [-0.2, -0.15) is 0 Å². The Hall–Kier alpha value is -1.51. The predicted octanol–water partition coefficient (Wildman–Crippen LogP) is 3.58. The first kappa shape index (κ1) is 14.6. The van der Waals surface area contributed by atoms with Crippen molar-refractivity contribution >= 4 is 5.97 Å². The van der Waals surface area contributed by atoms with Crippen molar-refractivity contribution in [2.75, 3.05) is 13.2 Å². The van der Waals surface area contributed by atoms with Crippen LogP contribution in [-0.2, 0) is 9.53 Å². The fourth-order valence-corrected chi connectivity index (χ4v) is 1.60. The van der Waals surface area contributed by atoms with E-state index in [-0.39, 0.29) is 5.97 Å². The van der Waals surface area contributed by atoms with Gasteiger partial charge in [-0.05, 0) is 18.6 Å². The number of benzene rings is 1. The Kier molecular flexibility index (Phi) is 7.69. The molecule has 0 atom stereocenters. The second-order valence-corrected chi connectivity index (χ2v) is 4.19. The van der Waals surface area contributed by atoms with E-state index in [1.807, 2.05) is 30.3 Å². The highest BCUT2D eigenvalue weighted by Gasteiger charge is 2.02. The fraction of sp³-hybridized carbons (Fsp3) is 0.533. The van der Waals surface area contributed by atoms with Gasteiger partial charge in [0.2, 0.25) is 0 Å². The Bertz CT molecular complexity index is 322. The topological polar surface area (TPSA) is 35.5 Å². The summed E-state index contributed by atoms with van der Waals surface area (Å²) in [4.78, 5) is 11.3. The van der Waals surface area contributed by atoms with Gasteiger partial charge in [-0.25, -0.2) is 0 Å². The van der Waals surface area contributed by atoms with Gasteiger partial charge >= 0.3 is 5.97 Å². The number of para-hydroxylation sites is 1. The van der Waals surface area contributed by atoms with Gasteiger partial charge in [-0.15, -0.1) is 0 Å². The predicted molar refractivity (Wildman–Crippen MR) is 71.7 cm³/mol. The van der Waals surface area contributed by atoms with E-state index < -0.39 is 0 Å². The highest BCUT2D eigenvalue weighted by molar-refractivity contribution is 5.69. The first-order valence-corrected chi connectivity index (χ1v) is 6.66. The van der Waals surface area contributed by atoms with Crippen molar-refractivity contribution in [1.29, 1.82) is 0 Å². The van der Waals surface area contributed by atoms with Crippen LogP contribution in [0.1, 0.15) is 39.0 Å². The zero-order chi connectivity index (χ0) is 13.1. The van der Waals surface area contributed by atoms with Crippen LogP contribution >= 0.6 is 0 Å². The molecule has 0 aliphatic heterocycles. The molecule has 3 heteroatoms. The average Bonchev–Trinajstić information content (AvgIpc) is 2.41. The number of unbranched alkanes of at least 4 members (excludes halogenated alkanes) is 3. The molecule has 0 radical (unpaired) electrons. The van der Waals surface area contributed by atoms with Crippen LogP contribution in [0.15, 0.2) is 30.3 Å². The van der Waals surface area contributed by atoms with E-state index >= 15 is 0 Å². The minimum Gasteiger partial charge on any atom is -0.490 e. The van der Waals surface area contributed by atoms with E-state index in [4.69, 9.17) is 9.47 Å². The molecule has 0 unspecified atom stereocenters. The number of ether oxygens (including phenoxy) is 2. The molecule has 0 N–H and O–H groups in total. The molecule has 0 aliphatic rings. The summed E-state index contributed by atoms with van der Waals surface area (Å²) in [7, 11) is 0. The summed E-state index contributed by atoms with van der Waals surface area (Å²) in [5, 5.41) is 0. The first-order valence-electron chi connectivity index (χ1n) is 6.66. The quantitative estimate of drug-likeness (QED) is 0.496. The van der Waals surface area contributed by atoms with Crippen LogP contribution in [0.4, 0.5) is 0 Å². The summed E-state index contributed by atoms with van der Waals surface area (Å²) >= 11 is 0. The molecular formula is C15H22O3. The molecule has 0 amide bonds. The Morgan fingerprint density at radius 2 is 1.83 bits per heavy atom. The van der Waals surface area contributed by atoms with E-state index in [0.717, 1.165) is 18.6 Å². The lowest BCUT2D eigenvalue weighted by atomic mass is 10.2. The highest BCUT2D eigenvalue weighted by Crippen LogP contribution is 2.08. The maximum Gasteiger partial charge on any atom is 0.305 e. The van der Waals surface area contributed by atoms with Gasteiger partial charge in [0.15, 0.2) is 0 Å². The first-order chi connectivity index (χ1) is 8.83. The smallest absolute Gasteiger partial charge is 0.305 e. The third kappa shape index (κ3) is 6.94. The molecule has 0 aliphatic carbocycles. The van der Waals surface area contributed by atoms with Crippen molar-refractivity contribution in [3.63, 3.8) is 0 Å². The lowest BCUT2D eigenvalue weighted by Crippen LogP contribution is -2.11. The lowest BCUT2D eigenvalue weighted by molar-refractivity contribution is -0.144. The van der Waals surface area contributed by atoms with E-state index in [0.29, 0.717) is 19.6 Å². The molecule has 0 saturated carbocycles. The van der Waals surface area contributed by atoms with Gasteiger partial charge < -0.3 is 9.47 Å². The zero-order valence-electron chi connectivity index (χ0n) is 11.1. The lowest BCUT2D eigenvalue weighted by Gasteiger charge is -2.07.